The number of alkyl halides is 2. The van der Waals surface area contributed by atoms with Gasteiger partial charge in [-0.25, -0.2) is 0 Å². The number of ether oxygens (including phenoxy) is 1. The van der Waals surface area contributed by atoms with Crippen molar-refractivity contribution in [1.82, 2.24) is 0 Å². The fourth-order valence-corrected chi connectivity index (χ4v) is 10.3. The summed E-state index contributed by atoms with van der Waals surface area (Å²) in [7, 11) is 7.86. The van der Waals surface area contributed by atoms with E-state index < -0.39 is 27.7 Å². The second-order valence-electron chi connectivity index (χ2n) is 4.05. The standard InChI is InChI=1S/C8H11Cl2O.ClH.Hg/c1-11-5-2-3-6-7(4-5)8(6,9)10;;/h2,5-7H,3-4H2,1H3;1H;/q;;+1/p-1. The van der Waals surface area contributed by atoms with E-state index in [-0.39, 0.29) is 0 Å². The summed E-state index contributed by atoms with van der Waals surface area (Å²) in [5, 5.41) is 0. The Bertz CT molecular complexity index is 192. The van der Waals surface area contributed by atoms with Gasteiger partial charge in [0.05, 0.1) is 0 Å². The summed E-state index contributed by atoms with van der Waals surface area (Å²) in [5.41, 5.74) is 0. The zero-order valence-corrected chi connectivity index (χ0v) is 15.2. The number of hydrogen-bond donors (Lipinski definition) is 0. The van der Waals surface area contributed by atoms with Crippen LogP contribution in [0.3, 0.4) is 0 Å². The van der Waals surface area contributed by atoms with Gasteiger partial charge in [-0.2, -0.15) is 0 Å². The van der Waals surface area contributed by atoms with Gasteiger partial charge in [0.1, 0.15) is 0 Å². The molecule has 0 saturated heterocycles. The molecule has 0 N–H and O–H groups in total. The first kappa shape index (κ1) is 11.3. The van der Waals surface area contributed by atoms with E-state index >= 15 is 0 Å². The average Bonchev–Trinajstić information content (AvgIpc) is 2.66. The van der Waals surface area contributed by atoms with Gasteiger partial charge in [-0.05, 0) is 0 Å². The predicted molar refractivity (Wildman–Crippen MR) is 51.1 cm³/mol. The van der Waals surface area contributed by atoms with Gasteiger partial charge in [-0.3, -0.25) is 0 Å². The van der Waals surface area contributed by atoms with E-state index in [2.05, 4.69) is 0 Å². The Morgan fingerprint density at radius 3 is 2.46 bits per heavy atom. The Labute approximate surface area is 104 Å². The monoisotopic (exact) mass is 430 g/mol. The van der Waals surface area contributed by atoms with Gasteiger partial charge in [0, 0.05) is 0 Å². The molecule has 72 valence electrons. The van der Waals surface area contributed by atoms with E-state index in [9.17, 15) is 0 Å². The van der Waals surface area contributed by atoms with Crippen LogP contribution in [0.25, 0.3) is 0 Å². The van der Waals surface area contributed by atoms with Crippen molar-refractivity contribution in [2.75, 3.05) is 7.11 Å². The first-order chi connectivity index (χ1) is 6.11. The topological polar surface area (TPSA) is 9.23 Å². The van der Waals surface area contributed by atoms with Crippen molar-refractivity contribution in [3.63, 3.8) is 0 Å². The molecular formula is C8H11Cl3HgO. The quantitative estimate of drug-likeness (QED) is 0.483. The molecule has 2 aliphatic carbocycles. The molecule has 0 spiro atoms. The number of methoxy groups -OCH3 is 1. The molecule has 0 radical (unpaired) electrons. The maximum absolute atomic E-state index is 6.15. The Morgan fingerprint density at radius 2 is 1.92 bits per heavy atom. The van der Waals surface area contributed by atoms with Crippen LogP contribution in [0, 0.1) is 11.8 Å². The molecule has 1 nitrogen and oxygen atoms in total. The average molecular weight is 430 g/mol. The summed E-state index contributed by atoms with van der Waals surface area (Å²) in [6, 6.07) is 0. The molecule has 0 aromatic carbocycles. The summed E-state index contributed by atoms with van der Waals surface area (Å²) >= 11 is 11.1. The molecule has 0 amide bonds. The van der Waals surface area contributed by atoms with E-state index in [1.807, 2.05) is 0 Å². The fourth-order valence-electron chi connectivity index (χ4n) is 2.48. The zero-order chi connectivity index (χ0) is 9.64. The molecule has 13 heavy (non-hydrogen) atoms. The van der Waals surface area contributed by atoms with E-state index in [1.165, 1.54) is 0 Å². The third-order valence-electron chi connectivity index (χ3n) is 3.43. The predicted octanol–water partition coefficient (Wildman–Crippen LogP) is 3.24. The van der Waals surface area contributed by atoms with Crippen LogP contribution in [0.2, 0.25) is 3.43 Å². The molecule has 0 aromatic heterocycles. The molecule has 0 aromatic rings. The van der Waals surface area contributed by atoms with Crippen LogP contribution >= 0.6 is 31.5 Å². The van der Waals surface area contributed by atoms with Gasteiger partial charge in [-0.15, -0.1) is 0 Å². The van der Waals surface area contributed by atoms with Crippen LogP contribution in [-0.2, 0) is 28.1 Å². The van der Waals surface area contributed by atoms with Crippen LogP contribution < -0.4 is 0 Å². The van der Waals surface area contributed by atoms with Crippen molar-refractivity contribution in [2.45, 2.75) is 26.7 Å². The molecule has 4 atom stereocenters. The molecule has 2 aliphatic rings. The SMILES string of the molecule is COC1CC2C(C[CH]1[Hg][Cl])C2(Cl)Cl. The van der Waals surface area contributed by atoms with Gasteiger partial charge in [0.25, 0.3) is 0 Å². The van der Waals surface area contributed by atoms with E-state index in [4.69, 9.17) is 36.2 Å². The van der Waals surface area contributed by atoms with E-state index in [0.717, 1.165) is 12.8 Å². The first-order valence-corrected chi connectivity index (χ1v) is 15.3. The Kier molecular flexibility index (Phi) is 3.44. The summed E-state index contributed by atoms with van der Waals surface area (Å²) < 4.78 is 5.63. The van der Waals surface area contributed by atoms with Gasteiger partial charge >= 0.3 is 105 Å². The normalized spacial score (nSPS) is 46.5. The fraction of sp³-hybridized carbons (Fsp3) is 1.00. The van der Waals surface area contributed by atoms with Crippen molar-refractivity contribution >= 4 is 31.5 Å². The molecule has 5 heteroatoms. The molecule has 2 saturated carbocycles. The summed E-state index contributed by atoms with van der Waals surface area (Å²) in [4.78, 5) is 0. The molecule has 2 rings (SSSR count). The second-order valence-corrected chi connectivity index (χ2v) is 13.5. The number of rotatable bonds is 2. The van der Waals surface area contributed by atoms with Gasteiger partial charge < -0.3 is 0 Å². The molecule has 0 aliphatic heterocycles. The number of halogens is 3. The summed E-state index contributed by atoms with van der Waals surface area (Å²) in [5.74, 6) is 0.972. The van der Waals surface area contributed by atoms with Crippen molar-refractivity contribution < 1.29 is 28.1 Å². The molecule has 0 heterocycles. The molecule has 4 unspecified atom stereocenters. The molecule has 2 fully saturated rings. The van der Waals surface area contributed by atoms with Gasteiger partial charge in [0.15, 0.2) is 0 Å². The Hall–Kier alpha value is 1.77. The second kappa shape index (κ2) is 3.97. The minimum atomic E-state index is -1.21. The molecule has 0 bridgehead atoms. The number of fused-ring (bicyclic) bond motifs is 1. The Balaban J connectivity index is 2.03. The summed E-state index contributed by atoms with van der Waals surface area (Å²) in [6.07, 6.45) is 2.48. The van der Waals surface area contributed by atoms with Crippen molar-refractivity contribution in [3.8, 4) is 0 Å². The Morgan fingerprint density at radius 1 is 1.31 bits per heavy atom. The third kappa shape index (κ3) is 1.89. The maximum atomic E-state index is 6.15. The van der Waals surface area contributed by atoms with E-state index in [1.54, 1.807) is 7.11 Å². The van der Waals surface area contributed by atoms with Crippen LogP contribution in [-0.4, -0.2) is 17.5 Å². The van der Waals surface area contributed by atoms with Crippen LogP contribution in [0.4, 0.5) is 0 Å². The summed E-state index contributed by atoms with van der Waals surface area (Å²) in [6.45, 7) is 0. The first-order valence-electron chi connectivity index (χ1n) is 4.57. The molecular weight excluding hydrogens is 419 g/mol. The van der Waals surface area contributed by atoms with Crippen molar-refractivity contribution in [3.05, 3.63) is 0 Å². The van der Waals surface area contributed by atoms with Crippen molar-refractivity contribution in [1.29, 1.82) is 0 Å². The van der Waals surface area contributed by atoms with Crippen LogP contribution in [0.1, 0.15) is 12.8 Å². The third-order valence-corrected chi connectivity index (χ3v) is 12.9. The van der Waals surface area contributed by atoms with Crippen LogP contribution in [0.15, 0.2) is 0 Å². The van der Waals surface area contributed by atoms with Gasteiger partial charge in [-0.1, -0.05) is 0 Å². The van der Waals surface area contributed by atoms with Crippen LogP contribution in [0.5, 0.6) is 0 Å². The number of hydrogen-bond acceptors (Lipinski definition) is 1. The minimum absolute atomic E-state index is 0.347. The van der Waals surface area contributed by atoms with Crippen molar-refractivity contribution in [2.24, 2.45) is 11.8 Å². The van der Waals surface area contributed by atoms with E-state index in [0.29, 0.717) is 21.4 Å². The van der Waals surface area contributed by atoms with Gasteiger partial charge in [0.2, 0.25) is 0 Å². The zero-order valence-electron chi connectivity index (χ0n) is 7.47.